The number of carbonyl (C=O) groups excluding carboxylic acids is 1. The minimum absolute atomic E-state index is 0.159. The van der Waals surface area contributed by atoms with Gasteiger partial charge in [0.2, 0.25) is 5.91 Å². The van der Waals surface area contributed by atoms with E-state index in [0.29, 0.717) is 5.56 Å². The number of amides is 1. The highest BCUT2D eigenvalue weighted by atomic mass is 79.9. The molecule has 1 amide bonds. The molecule has 0 bridgehead atoms. The Bertz CT molecular complexity index is 503. The lowest BCUT2D eigenvalue weighted by Gasteiger charge is -2.26. The molecule has 0 fully saturated rings. The third-order valence-electron chi connectivity index (χ3n) is 2.70. The third-order valence-corrected chi connectivity index (χ3v) is 3.19. The molecule has 0 unspecified atom stereocenters. The average molecular weight is 332 g/mol. The molecule has 4 nitrogen and oxygen atoms in total. The van der Waals surface area contributed by atoms with E-state index >= 15 is 0 Å². The van der Waals surface area contributed by atoms with E-state index in [0.717, 1.165) is 4.47 Å². The first-order chi connectivity index (χ1) is 8.72. The summed E-state index contributed by atoms with van der Waals surface area (Å²) < 4.78 is 14.5. The maximum atomic E-state index is 13.8. The number of benzene rings is 1. The lowest BCUT2D eigenvalue weighted by Crippen LogP contribution is -2.38. The number of carboxylic acid groups (broad SMARTS) is 1. The second-order valence-electron chi connectivity index (χ2n) is 4.86. The predicted molar refractivity (Wildman–Crippen MR) is 72.4 cm³/mol. The Morgan fingerprint density at radius 3 is 2.63 bits per heavy atom. The zero-order chi connectivity index (χ0) is 14.6. The van der Waals surface area contributed by atoms with Gasteiger partial charge in [-0.25, -0.2) is 4.39 Å². The molecule has 0 heterocycles. The summed E-state index contributed by atoms with van der Waals surface area (Å²) in [5.41, 5.74) is -0.181. The maximum Gasteiger partial charge on any atom is 0.312 e. The van der Waals surface area contributed by atoms with Crippen molar-refractivity contribution in [2.45, 2.75) is 25.7 Å². The molecular weight excluding hydrogens is 317 g/mol. The number of aliphatic carboxylic acids is 1. The van der Waals surface area contributed by atoms with Gasteiger partial charge in [0, 0.05) is 16.4 Å². The Balaban J connectivity index is 2.78. The summed E-state index contributed by atoms with van der Waals surface area (Å²) in [5, 5.41) is 11.0. The molecule has 0 aliphatic heterocycles. The van der Waals surface area contributed by atoms with Crippen LogP contribution in [0.1, 0.15) is 25.8 Å². The van der Waals surface area contributed by atoms with Crippen molar-refractivity contribution in [2.75, 3.05) is 6.54 Å². The molecule has 0 saturated heterocycles. The van der Waals surface area contributed by atoms with Crippen LogP contribution in [0.25, 0.3) is 0 Å². The van der Waals surface area contributed by atoms with Crippen molar-refractivity contribution in [3.8, 4) is 0 Å². The molecule has 19 heavy (non-hydrogen) atoms. The van der Waals surface area contributed by atoms with Crippen LogP contribution in [0.4, 0.5) is 4.39 Å². The zero-order valence-corrected chi connectivity index (χ0v) is 12.3. The van der Waals surface area contributed by atoms with Crippen LogP contribution in [-0.4, -0.2) is 23.5 Å². The van der Waals surface area contributed by atoms with E-state index in [2.05, 4.69) is 21.2 Å². The van der Waals surface area contributed by atoms with E-state index in [1.165, 1.54) is 6.07 Å². The molecule has 1 rings (SSSR count). The van der Waals surface area contributed by atoms with Crippen LogP contribution in [0, 0.1) is 5.82 Å². The lowest BCUT2D eigenvalue weighted by molar-refractivity contribution is -0.140. The van der Waals surface area contributed by atoms with E-state index in [1.54, 1.807) is 26.0 Å². The average Bonchev–Trinajstić information content (AvgIpc) is 2.29. The van der Waals surface area contributed by atoms with Gasteiger partial charge in [-0.2, -0.15) is 0 Å². The minimum atomic E-state index is -1.19. The Kier molecular flexibility index (Phi) is 5.05. The van der Waals surface area contributed by atoms with Crippen molar-refractivity contribution in [3.63, 3.8) is 0 Å². The summed E-state index contributed by atoms with van der Waals surface area (Å²) in [5.74, 6) is -2.14. The van der Waals surface area contributed by atoms with Gasteiger partial charge in [0.1, 0.15) is 12.2 Å². The summed E-state index contributed by atoms with van der Waals surface area (Å²) in [6.07, 6.45) is -0.586. The summed E-state index contributed by atoms with van der Waals surface area (Å²) in [7, 11) is 0. The zero-order valence-electron chi connectivity index (χ0n) is 10.7. The van der Waals surface area contributed by atoms with Gasteiger partial charge in [0.15, 0.2) is 0 Å². The third kappa shape index (κ3) is 4.63. The molecule has 0 aromatic heterocycles. The molecule has 0 radical (unpaired) electrons. The number of halogens is 2. The normalized spacial score (nSPS) is 11.2. The monoisotopic (exact) mass is 331 g/mol. The largest absolute Gasteiger partial charge is 0.481 e. The first-order valence-corrected chi connectivity index (χ1v) is 6.46. The van der Waals surface area contributed by atoms with Crippen molar-refractivity contribution >= 4 is 27.8 Å². The molecule has 6 heteroatoms. The number of hydrogen-bond donors (Lipinski definition) is 2. The standard InChI is InChI=1S/C13H15BrFNO3/c1-13(2,7-16-11(17)6-12(18)19)9-5-8(14)3-4-10(9)15/h3-5H,6-7H2,1-2H3,(H,16,17)(H,18,19). The summed E-state index contributed by atoms with van der Waals surface area (Å²) >= 11 is 3.27. The number of rotatable bonds is 5. The van der Waals surface area contributed by atoms with Crippen molar-refractivity contribution < 1.29 is 19.1 Å². The molecular formula is C13H15BrFNO3. The molecule has 0 atom stereocenters. The second kappa shape index (κ2) is 6.14. The molecule has 2 N–H and O–H groups in total. The van der Waals surface area contributed by atoms with Crippen LogP contribution in [0.2, 0.25) is 0 Å². The summed E-state index contributed by atoms with van der Waals surface area (Å²) in [6, 6.07) is 4.59. The van der Waals surface area contributed by atoms with Gasteiger partial charge in [0.25, 0.3) is 0 Å². The highest BCUT2D eigenvalue weighted by Gasteiger charge is 2.25. The van der Waals surface area contributed by atoms with E-state index < -0.39 is 23.7 Å². The van der Waals surface area contributed by atoms with Crippen LogP contribution in [0.15, 0.2) is 22.7 Å². The number of nitrogens with one attached hydrogen (secondary N) is 1. The van der Waals surface area contributed by atoms with Crippen molar-refractivity contribution in [2.24, 2.45) is 0 Å². The van der Waals surface area contributed by atoms with Crippen LogP contribution >= 0.6 is 15.9 Å². The first-order valence-electron chi connectivity index (χ1n) is 5.66. The van der Waals surface area contributed by atoms with Gasteiger partial charge >= 0.3 is 5.97 Å². The molecule has 1 aromatic rings. The second-order valence-corrected chi connectivity index (χ2v) is 5.77. The van der Waals surface area contributed by atoms with Crippen LogP contribution in [0.5, 0.6) is 0 Å². The molecule has 104 valence electrons. The minimum Gasteiger partial charge on any atom is -0.481 e. The summed E-state index contributed by atoms with van der Waals surface area (Å²) in [4.78, 5) is 21.7. The highest BCUT2D eigenvalue weighted by Crippen LogP contribution is 2.27. The molecule has 1 aromatic carbocycles. The predicted octanol–water partition coefficient (Wildman–Crippen LogP) is 2.46. The van der Waals surface area contributed by atoms with Crippen LogP contribution in [0.3, 0.4) is 0 Å². The smallest absolute Gasteiger partial charge is 0.312 e. The van der Waals surface area contributed by atoms with E-state index in [1.807, 2.05) is 0 Å². The van der Waals surface area contributed by atoms with Gasteiger partial charge < -0.3 is 10.4 Å². The van der Waals surface area contributed by atoms with Crippen molar-refractivity contribution in [1.82, 2.24) is 5.32 Å². The van der Waals surface area contributed by atoms with Crippen molar-refractivity contribution in [3.05, 3.63) is 34.1 Å². The van der Waals surface area contributed by atoms with Crippen LogP contribution in [-0.2, 0) is 15.0 Å². The molecule has 0 aliphatic rings. The Labute approximate surface area is 119 Å². The fourth-order valence-electron chi connectivity index (χ4n) is 1.63. The van der Waals surface area contributed by atoms with Gasteiger partial charge in [-0.1, -0.05) is 29.8 Å². The number of carboxylic acids is 1. The maximum absolute atomic E-state index is 13.8. The molecule has 0 saturated carbocycles. The van der Waals surface area contributed by atoms with Crippen LogP contribution < -0.4 is 5.32 Å². The first kappa shape index (κ1) is 15.6. The Morgan fingerprint density at radius 1 is 1.42 bits per heavy atom. The Hall–Kier alpha value is -1.43. The summed E-state index contributed by atoms with van der Waals surface area (Å²) in [6.45, 7) is 3.71. The number of carbonyl (C=O) groups is 2. The fraction of sp³-hybridized carbons (Fsp3) is 0.385. The quantitative estimate of drug-likeness (QED) is 0.814. The molecule has 0 spiro atoms. The van der Waals surface area contributed by atoms with Gasteiger partial charge in [0.05, 0.1) is 0 Å². The number of hydrogen-bond acceptors (Lipinski definition) is 2. The van der Waals surface area contributed by atoms with E-state index in [9.17, 15) is 14.0 Å². The lowest BCUT2D eigenvalue weighted by atomic mass is 9.84. The topological polar surface area (TPSA) is 66.4 Å². The molecule has 0 aliphatic carbocycles. The SMILES string of the molecule is CC(C)(CNC(=O)CC(=O)O)c1cc(Br)ccc1F. The van der Waals surface area contributed by atoms with Gasteiger partial charge in [-0.15, -0.1) is 0 Å². The van der Waals surface area contributed by atoms with Crippen molar-refractivity contribution in [1.29, 1.82) is 0 Å². The Morgan fingerprint density at radius 2 is 2.05 bits per heavy atom. The van der Waals surface area contributed by atoms with E-state index in [-0.39, 0.29) is 12.4 Å². The van der Waals surface area contributed by atoms with E-state index in [4.69, 9.17) is 5.11 Å². The van der Waals surface area contributed by atoms with Gasteiger partial charge in [-0.05, 0) is 23.8 Å². The highest BCUT2D eigenvalue weighted by molar-refractivity contribution is 9.10. The van der Waals surface area contributed by atoms with Gasteiger partial charge in [-0.3, -0.25) is 9.59 Å². The fourth-order valence-corrected chi connectivity index (χ4v) is 1.99.